The fourth-order valence-electron chi connectivity index (χ4n) is 1.26. The number of carboxylic acid groups (broad SMARTS) is 1. The number of carbonyl (C=O) groups is 2. The molecule has 0 bridgehead atoms. The van der Waals surface area contributed by atoms with E-state index in [1.165, 1.54) is 13.2 Å². The number of anilines is 1. The molecule has 16 heavy (non-hydrogen) atoms. The van der Waals surface area contributed by atoms with Crippen molar-refractivity contribution in [1.82, 2.24) is 0 Å². The van der Waals surface area contributed by atoms with Crippen molar-refractivity contribution in [2.75, 3.05) is 19.0 Å². The topological polar surface area (TPSA) is 75.6 Å². The molecule has 1 aromatic rings. The Morgan fingerprint density at radius 3 is 2.69 bits per heavy atom. The summed E-state index contributed by atoms with van der Waals surface area (Å²) in [6, 6.07) is 4.71. The number of aryl methyl sites for hydroxylation is 1. The number of nitrogens with one attached hydrogen (secondary N) is 1. The maximum atomic E-state index is 11.2. The first-order chi connectivity index (χ1) is 7.54. The number of methoxy groups -OCH3 is 1. The lowest BCUT2D eigenvalue weighted by Gasteiger charge is -2.07. The predicted octanol–water partition coefficient (Wildman–Crippen LogP) is 1.28. The van der Waals surface area contributed by atoms with Crippen molar-refractivity contribution in [3.8, 4) is 0 Å². The van der Waals surface area contributed by atoms with E-state index in [0.29, 0.717) is 11.3 Å². The van der Waals surface area contributed by atoms with Gasteiger partial charge in [0.2, 0.25) is 5.91 Å². The Hall–Kier alpha value is -1.88. The highest BCUT2D eigenvalue weighted by molar-refractivity contribution is 5.95. The zero-order chi connectivity index (χ0) is 12.1. The number of carbonyl (C=O) groups excluding carboxylic acids is 1. The molecule has 0 saturated heterocycles. The number of aromatic carboxylic acids is 1. The molecule has 1 amide bonds. The van der Waals surface area contributed by atoms with Crippen LogP contribution in [0.1, 0.15) is 15.9 Å². The molecule has 0 spiro atoms. The molecule has 0 aliphatic carbocycles. The van der Waals surface area contributed by atoms with Gasteiger partial charge < -0.3 is 15.2 Å². The molecule has 0 aliphatic heterocycles. The molecule has 0 atom stereocenters. The van der Waals surface area contributed by atoms with Gasteiger partial charge >= 0.3 is 5.97 Å². The van der Waals surface area contributed by atoms with Crippen LogP contribution < -0.4 is 5.32 Å². The summed E-state index contributed by atoms with van der Waals surface area (Å²) in [5.74, 6) is -1.33. The Balaban J connectivity index is 2.87. The van der Waals surface area contributed by atoms with E-state index in [1.54, 1.807) is 19.1 Å². The molecule has 0 fully saturated rings. The second kappa shape index (κ2) is 5.27. The smallest absolute Gasteiger partial charge is 0.336 e. The van der Waals surface area contributed by atoms with Crippen LogP contribution >= 0.6 is 0 Å². The lowest BCUT2D eigenvalue weighted by molar-refractivity contribution is -0.119. The molecule has 0 radical (unpaired) electrons. The summed E-state index contributed by atoms with van der Waals surface area (Å²) in [5, 5.41) is 11.4. The van der Waals surface area contributed by atoms with E-state index in [9.17, 15) is 9.59 Å². The average Bonchev–Trinajstić information content (AvgIpc) is 2.21. The third-order valence-corrected chi connectivity index (χ3v) is 2.03. The van der Waals surface area contributed by atoms with E-state index in [0.717, 1.165) is 0 Å². The number of hydrogen-bond acceptors (Lipinski definition) is 3. The van der Waals surface area contributed by atoms with Gasteiger partial charge in [0, 0.05) is 12.8 Å². The van der Waals surface area contributed by atoms with Crippen molar-refractivity contribution < 1.29 is 19.4 Å². The minimum Gasteiger partial charge on any atom is -0.478 e. The fraction of sp³-hybridized carbons (Fsp3) is 0.273. The van der Waals surface area contributed by atoms with Crippen LogP contribution in [0.25, 0.3) is 0 Å². The van der Waals surface area contributed by atoms with Crippen molar-refractivity contribution in [3.05, 3.63) is 29.3 Å². The van der Waals surface area contributed by atoms with Gasteiger partial charge in [-0.15, -0.1) is 0 Å². The SMILES string of the molecule is COCC(=O)Nc1ccc(C)c(C(=O)O)c1. The van der Waals surface area contributed by atoms with E-state index >= 15 is 0 Å². The average molecular weight is 223 g/mol. The van der Waals surface area contributed by atoms with Crippen molar-refractivity contribution in [2.24, 2.45) is 0 Å². The van der Waals surface area contributed by atoms with Crippen molar-refractivity contribution in [3.63, 3.8) is 0 Å². The number of hydrogen-bond donors (Lipinski definition) is 2. The van der Waals surface area contributed by atoms with Gasteiger partial charge in [-0.2, -0.15) is 0 Å². The third-order valence-electron chi connectivity index (χ3n) is 2.03. The van der Waals surface area contributed by atoms with Gasteiger partial charge in [0.25, 0.3) is 0 Å². The largest absolute Gasteiger partial charge is 0.478 e. The monoisotopic (exact) mass is 223 g/mol. The van der Waals surface area contributed by atoms with Gasteiger partial charge in [-0.25, -0.2) is 4.79 Å². The molecule has 0 heterocycles. The summed E-state index contributed by atoms with van der Waals surface area (Å²) in [7, 11) is 1.41. The van der Waals surface area contributed by atoms with Crippen molar-refractivity contribution in [1.29, 1.82) is 0 Å². The molecular weight excluding hydrogens is 210 g/mol. The highest BCUT2D eigenvalue weighted by atomic mass is 16.5. The minimum atomic E-state index is -1.01. The maximum Gasteiger partial charge on any atom is 0.336 e. The van der Waals surface area contributed by atoms with E-state index in [4.69, 9.17) is 5.11 Å². The quantitative estimate of drug-likeness (QED) is 0.806. The third kappa shape index (κ3) is 3.06. The number of amides is 1. The standard InChI is InChI=1S/C11H13NO4/c1-7-3-4-8(5-9(7)11(14)15)12-10(13)6-16-2/h3-5H,6H2,1-2H3,(H,12,13)(H,14,15). The molecule has 86 valence electrons. The Kier molecular flexibility index (Phi) is 4.02. The maximum absolute atomic E-state index is 11.2. The van der Waals surface area contributed by atoms with Crippen molar-refractivity contribution >= 4 is 17.6 Å². The van der Waals surface area contributed by atoms with Gasteiger partial charge in [0.15, 0.2) is 0 Å². The first-order valence-corrected chi connectivity index (χ1v) is 4.67. The molecule has 5 heteroatoms. The van der Waals surface area contributed by atoms with Crippen LogP contribution in [0.2, 0.25) is 0 Å². The number of benzene rings is 1. The first-order valence-electron chi connectivity index (χ1n) is 4.67. The Morgan fingerprint density at radius 2 is 2.12 bits per heavy atom. The summed E-state index contributed by atoms with van der Waals surface area (Å²) in [6.45, 7) is 1.64. The summed E-state index contributed by atoms with van der Waals surface area (Å²) in [5.41, 5.74) is 1.28. The summed E-state index contributed by atoms with van der Waals surface area (Å²) in [4.78, 5) is 22.0. The van der Waals surface area contributed by atoms with Gasteiger partial charge in [0.05, 0.1) is 5.56 Å². The van der Waals surface area contributed by atoms with Crippen molar-refractivity contribution in [2.45, 2.75) is 6.92 Å². The summed E-state index contributed by atoms with van der Waals surface area (Å²) < 4.78 is 4.65. The lowest BCUT2D eigenvalue weighted by atomic mass is 10.1. The molecular formula is C11H13NO4. The molecule has 1 rings (SSSR count). The first kappa shape index (κ1) is 12.2. The number of ether oxygens (including phenoxy) is 1. The fourth-order valence-corrected chi connectivity index (χ4v) is 1.26. The highest BCUT2D eigenvalue weighted by Crippen LogP contribution is 2.15. The molecule has 2 N–H and O–H groups in total. The van der Waals surface area contributed by atoms with Gasteiger partial charge in [-0.3, -0.25) is 4.79 Å². The highest BCUT2D eigenvalue weighted by Gasteiger charge is 2.09. The van der Waals surface area contributed by atoms with Gasteiger partial charge in [-0.1, -0.05) is 6.07 Å². The lowest BCUT2D eigenvalue weighted by Crippen LogP contribution is -2.17. The zero-order valence-electron chi connectivity index (χ0n) is 9.11. The van der Waals surface area contributed by atoms with Crippen LogP contribution in [0.3, 0.4) is 0 Å². The second-order valence-corrected chi connectivity index (χ2v) is 3.32. The van der Waals surface area contributed by atoms with Crippen LogP contribution in [0.4, 0.5) is 5.69 Å². The van der Waals surface area contributed by atoms with E-state index in [2.05, 4.69) is 10.1 Å². The van der Waals surface area contributed by atoms with E-state index in [1.807, 2.05) is 0 Å². The molecule has 0 unspecified atom stereocenters. The predicted molar refractivity (Wildman–Crippen MR) is 58.6 cm³/mol. The van der Waals surface area contributed by atoms with Gasteiger partial charge in [0.1, 0.15) is 6.61 Å². The van der Waals surface area contributed by atoms with E-state index < -0.39 is 5.97 Å². The van der Waals surface area contributed by atoms with Crippen LogP contribution in [0.15, 0.2) is 18.2 Å². The molecule has 0 aromatic heterocycles. The molecule has 1 aromatic carbocycles. The Bertz CT molecular complexity index is 414. The molecule has 0 aliphatic rings. The number of rotatable bonds is 4. The van der Waals surface area contributed by atoms with Crippen LogP contribution in [-0.4, -0.2) is 30.7 Å². The molecule has 0 saturated carbocycles. The van der Waals surface area contributed by atoms with E-state index in [-0.39, 0.29) is 18.1 Å². The summed E-state index contributed by atoms with van der Waals surface area (Å²) >= 11 is 0. The second-order valence-electron chi connectivity index (χ2n) is 3.32. The number of carboxylic acids is 1. The minimum absolute atomic E-state index is 0.0592. The van der Waals surface area contributed by atoms with Gasteiger partial charge in [-0.05, 0) is 24.6 Å². The van der Waals surface area contributed by atoms with Crippen LogP contribution in [0, 0.1) is 6.92 Å². The normalized spacial score (nSPS) is 9.88. The van der Waals surface area contributed by atoms with Crippen LogP contribution in [-0.2, 0) is 9.53 Å². The molecule has 5 nitrogen and oxygen atoms in total. The Morgan fingerprint density at radius 1 is 1.44 bits per heavy atom. The zero-order valence-corrected chi connectivity index (χ0v) is 9.11. The summed E-state index contributed by atoms with van der Waals surface area (Å²) in [6.07, 6.45) is 0. The Labute approximate surface area is 93.0 Å². The van der Waals surface area contributed by atoms with Crippen LogP contribution in [0.5, 0.6) is 0 Å².